The van der Waals surface area contributed by atoms with Gasteiger partial charge in [-0.15, -0.1) is 0 Å². The molecule has 2 aliphatic rings. The third-order valence-electron chi connectivity index (χ3n) is 4.71. The van der Waals surface area contributed by atoms with Gasteiger partial charge < -0.3 is 4.90 Å². The highest BCUT2D eigenvalue weighted by atomic mass is 79.9. The Morgan fingerprint density at radius 2 is 1.92 bits per heavy atom. The summed E-state index contributed by atoms with van der Waals surface area (Å²) in [5.41, 5.74) is 0.872. The van der Waals surface area contributed by atoms with Crippen molar-refractivity contribution in [3.63, 3.8) is 0 Å². The van der Waals surface area contributed by atoms with Crippen LogP contribution in [0.2, 0.25) is 0 Å². The average Bonchev–Trinajstić information content (AvgIpc) is 3.00. The molecule has 2 aliphatic heterocycles. The Morgan fingerprint density at radius 3 is 2.52 bits per heavy atom. The molecule has 1 aromatic rings. The normalized spacial score (nSPS) is 26.4. The second kappa shape index (κ2) is 7.40. The number of amidine groups is 1. The molecule has 2 fully saturated rings. The maximum Gasteiger partial charge on any atom is 0.251 e. The van der Waals surface area contributed by atoms with E-state index in [9.17, 15) is 13.2 Å². The van der Waals surface area contributed by atoms with E-state index in [1.54, 1.807) is 0 Å². The number of rotatable bonds is 4. The summed E-state index contributed by atoms with van der Waals surface area (Å²) in [5.74, 6) is 0.0634. The number of hydrogen-bond acceptors (Lipinski definition) is 4. The summed E-state index contributed by atoms with van der Waals surface area (Å²) in [4.78, 5) is 18.8. The molecule has 1 aromatic carbocycles. The van der Waals surface area contributed by atoms with E-state index < -0.39 is 9.84 Å². The topological polar surface area (TPSA) is 66.8 Å². The molecule has 2 heterocycles. The smallest absolute Gasteiger partial charge is 0.251 e. The van der Waals surface area contributed by atoms with Crippen LogP contribution >= 0.6 is 27.7 Å². The van der Waals surface area contributed by atoms with E-state index >= 15 is 0 Å². The van der Waals surface area contributed by atoms with Crippen molar-refractivity contribution < 1.29 is 13.2 Å². The lowest BCUT2D eigenvalue weighted by Crippen LogP contribution is -2.37. The van der Waals surface area contributed by atoms with E-state index in [1.165, 1.54) is 11.8 Å². The average molecular weight is 445 g/mol. The molecular formula is C17H21BrN2O3S2. The summed E-state index contributed by atoms with van der Waals surface area (Å²) in [6.07, 6.45) is 1.52. The summed E-state index contributed by atoms with van der Waals surface area (Å²) in [6, 6.07) is 7.52. The first kappa shape index (κ1) is 18.9. The van der Waals surface area contributed by atoms with Crippen molar-refractivity contribution >= 4 is 54.3 Å². The molecule has 0 N–H and O–H groups in total. The van der Waals surface area contributed by atoms with E-state index in [-0.39, 0.29) is 34.6 Å². The molecule has 0 spiro atoms. The monoisotopic (exact) mass is 444 g/mol. The maximum atomic E-state index is 12.5. The molecule has 0 aromatic heterocycles. The molecule has 2 atom stereocenters. The Balaban J connectivity index is 1.97. The Labute approximate surface area is 161 Å². The van der Waals surface area contributed by atoms with E-state index in [1.807, 2.05) is 43.0 Å². The van der Waals surface area contributed by atoms with Gasteiger partial charge >= 0.3 is 0 Å². The van der Waals surface area contributed by atoms with E-state index in [2.05, 4.69) is 20.9 Å². The molecule has 5 nitrogen and oxygen atoms in total. The van der Waals surface area contributed by atoms with Crippen LogP contribution in [0, 0.1) is 5.92 Å². The number of amides is 1. The van der Waals surface area contributed by atoms with Gasteiger partial charge in [0.2, 0.25) is 0 Å². The van der Waals surface area contributed by atoms with Crippen LogP contribution in [0.1, 0.15) is 26.7 Å². The number of hydrogen-bond donors (Lipinski definition) is 0. The standard InChI is InChI=1S/C17H21BrN2O3S2/c1-3-11(4-2)16(21)19-17-20(13-7-5-12(18)6-8-13)14-9-25(22,23)10-15(14)24-17/h5-8,11,14-15H,3-4,9-10H2,1-2H3/t14-,15+/m1/s1. The van der Waals surface area contributed by atoms with Crippen molar-refractivity contribution in [3.05, 3.63) is 28.7 Å². The maximum absolute atomic E-state index is 12.5. The molecule has 3 rings (SSSR count). The number of thioether (sulfide) groups is 1. The first-order chi connectivity index (χ1) is 11.8. The van der Waals surface area contributed by atoms with Gasteiger partial charge in [0, 0.05) is 21.3 Å². The molecular weight excluding hydrogens is 424 g/mol. The van der Waals surface area contributed by atoms with Gasteiger partial charge in [-0.25, -0.2) is 8.42 Å². The summed E-state index contributed by atoms with van der Waals surface area (Å²) < 4.78 is 25.1. The molecule has 1 amide bonds. The highest BCUT2D eigenvalue weighted by Gasteiger charge is 2.49. The largest absolute Gasteiger partial charge is 0.316 e. The lowest BCUT2D eigenvalue weighted by Gasteiger charge is -2.24. The van der Waals surface area contributed by atoms with Gasteiger partial charge in [0.25, 0.3) is 5.91 Å². The fourth-order valence-electron chi connectivity index (χ4n) is 3.29. The second-order valence-corrected chi connectivity index (χ2v) is 10.7. The van der Waals surface area contributed by atoms with E-state index in [0.717, 1.165) is 23.0 Å². The van der Waals surface area contributed by atoms with Crippen LogP contribution < -0.4 is 4.90 Å². The van der Waals surface area contributed by atoms with Gasteiger partial charge in [-0.1, -0.05) is 41.5 Å². The van der Waals surface area contributed by atoms with Crippen LogP contribution in [0.15, 0.2) is 33.7 Å². The molecule has 0 saturated carbocycles. The van der Waals surface area contributed by atoms with Crippen LogP contribution in [-0.2, 0) is 14.6 Å². The lowest BCUT2D eigenvalue weighted by atomic mass is 10.0. The quantitative estimate of drug-likeness (QED) is 0.710. The molecule has 0 radical (unpaired) electrons. The third-order valence-corrected chi connectivity index (χ3v) is 8.45. The minimum absolute atomic E-state index is 0.0677. The van der Waals surface area contributed by atoms with Gasteiger partial charge in [0.1, 0.15) is 0 Å². The second-order valence-electron chi connectivity index (χ2n) is 6.39. The number of carbonyl (C=O) groups excluding carboxylic acids is 1. The zero-order valence-corrected chi connectivity index (χ0v) is 17.4. The Bertz CT molecular complexity index is 789. The van der Waals surface area contributed by atoms with E-state index in [4.69, 9.17) is 0 Å². The van der Waals surface area contributed by atoms with Crippen molar-refractivity contribution in [1.82, 2.24) is 0 Å². The van der Waals surface area contributed by atoms with Crippen LogP contribution in [0.25, 0.3) is 0 Å². The van der Waals surface area contributed by atoms with Crippen molar-refractivity contribution in [1.29, 1.82) is 0 Å². The number of aliphatic imine (C=N–C) groups is 1. The molecule has 0 aliphatic carbocycles. The zero-order valence-electron chi connectivity index (χ0n) is 14.2. The highest BCUT2D eigenvalue weighted by Crippen LogP contribution is 2.41. The van der Waals surface area contributed by atoms with Crippen molar-refractivity contribution in [3.8, 4) is 0 Å². The van der Waals surface area contributed by atoms with Gasteiger partial charge in [-0.05, 0) is 37.1 Å². The molecule has 0 bridgehead atoms. The van der Waals surface area contributed by atoms with E-state index in [0.29, 0.717) is 5.17 Å². The fraction of sp³-hybridized carbons (Fsp3) is 0.529. The first-order valence-corrected chi connectivity index (χ1v) is 11.9. The van der Waals surface area contributed by atoms with Crippen LogP contribution in [0.3, 0.4) is 0 Å². The number of sulfone groups is 1. The SMILES string of the molecule is CCC(CC)C(=O)N=C1S[C@H]2CS(=O)(=O)C[C@H]2N1c1ccc(Br)cc1. The number of carbonyl (C=O) groups is 1. The number of fused-ring (bicyclic) bond motifs is 1. The predicted octanol–water partition coefficient (Wildman–Crippen LogP) is 3.49. The number of anilines is 1. The Morgan fingerprint density at radius 1 is 1.28 bits per heavy atom. The van der Waals surface area contributed by atoms with Crippen LogP contribution in [-0.4, -0.2) is 42.3 Å². The third kappa shape index (κ3) is 3.95. The van der Waals surface area contributed by atoms with Gasteiger partial charge in [-0.2, -0.15) is 4.99 Å². The fourth-order valence-corrected chi connectivity index (χ4v) is 7.48. The minimum atomic E-state index is -3.04. The van der Waals surface area contributed by atoms with Gasteiger partial charge in [-0.3, -0.25) is 4.79 Å². The summed E-state index contributed by atoms with van der Waals surface area (Å²) in [7, 11) is -3.04. The summed E-state index contributed by atoms with van der Waals surface area (Å²) >= 11 is 4.84. The molecule has 2 saturated heterocycles. The molecule has 8 heteroatoms. The number of nitrogens with zero attached hydrogens (tertiary/aromatic N) is 2. The Hall–Kier alpha value is -0.860. The first-order valence-electron chi connectivity index (χ1n) is 8.39. The van der Waals surface area contributed by atoms with Crippen LogP contribution in [0.4, 0.5) is 5.69 Å². The Kier molecular flexibility index (Phi) is 5.60. The predicted molar refractivity (Wildman–Crippen MR) is 107 cm³/mol. The zero-order chi connectivity index (χ0) is 18.2. The number of benzene rings is 1. The van der Waals surface area contributed by atoms with Crippen molar-refractivity contribution in [2.75, 3.05) is 16.4 Å². The van der Waals surface area contributed by atoms with Gasteiger partial charge in [0.15, 0.2) is 15.0 Å². The van der Waals surface area contributed by atoms with Crippen molar-refractivity contribution in [2.45, 2.75) is 38.0 Å². The van der Waals surface area contributed by atoms with Crippen LogP contribution in [0.5, 0.6) is 0 Å². The lowest BCUT2D eigenvalue weighted by molar-refractivity contribution is -0.121. The summed E-state index contributed by atoms with van der Waals surface area (Å²) in [5, 5.41) is 0.561. The molecule has 0 unspecified atom stereocenters. The highest BCUT2D eigenvalue weighted by molar-refractivity contribution is 9.10. The van der Waals surface area contributed by atoms with Crippen molar-refractivity contribution in [2.24, 2.45) is 10.9 Å². The number of halogens is 1. The molecule has 25 heavy (non-hydrogen) atoms. The van der Waals surface area contributed by atoms with Gasteiger partial charge in [0.05, 0.1) is 17.5 Å². The minimum Gasteiger partial charge on any atom is -0.316 e. The molecule has 136 valence electrons. The summed E-state index contributed by atoms with van der Waals surface area (Å²) in [6.45, 7) is 3.98.